The van der Waals surface area contributed by atoms with Crippen molar-refractivity contribution in [3.8, 4) is 0 Å². The second-order valence-corrected chi connectivity index (χ2v) is 7.23. The van der Waals surface area contributed by atoms with Crippen molar-refractivity contribution in [1.29, 1.82) is 0 Å². The van der Waals surface area contributed by atoms with Crippen LogP contribution in [0.5, 0.6) is 0 Å². The van der Waals surface area contributed by atoms with E-state index in [0.29, 0.717) is 18.5 Å². The molecule has 142 valence electrons. The van der Waals surface area contributed by atoms with Gasteiger partial charge in [-0.3, -0.25) is 14.7 Å². The highest BCUT2D eigenvalue weighted by Crippen LogP contribution is 2.22. The maximum Gasteiger partial charge on any atom is 0.222 e. The Hall–Kier alpha value is -1.34. The van der Waals surface area contributed by atoms with Crippen molar-refractivity contribution in [3.05, 3.63) is 0 Å². The minimum absolute atomic E-state index is 0.201. The molecule has 2 N–H and O–H groups in total. The Balaban J connectivity index is 1.37. The topological polar surface area (TPSA) is 69.2 Å². The van der Waals surface area contributed by atoms with E-state index in [1.807, 2.05) is 4.90 Å². The number of fused-ring (bicyclic) bond motifs is 1. The van der Waals surface area contributed by atoms with Crippen molar-refractivity contribution in [3.63, 3.8) is 0 Å². The van der Waals surface area contributed by atoms with Crippen molar-refractivity contribution < 1.29 is 9.53 Å². The molecule has 0 aromatic heterocycles. The smallest absolute Gasteiger partial charge is 0.222 e. The van der Waals surface area contributed by atoms with Crippen LogP contribution >= 0.6 is 0 Å². The van der Waals surface area contributed by atoms with E-state index in [1.165, 1.54) is 19.4 Å². The number of hydrogen-bond acceptors (Lipinski definition) is 4. The first kappa shape index (κ1) is 18.5. The molecule has 25 heavy (non-hydrogen) atoms. The maximum atomic E-state index is 11.6. The van der Waals surface area contributed by atoms with E-state index >= 15 is 0 Å². The first-order valence-corrected chi connectivity index (χ1v) is 9.92. The Bertz CT molecular complexity index is 470. The van der Waals surface area contributed by atoms with Crippen LogP contribution in [-0.2, 0) is 9.53 Å². The van der Waals surface area contributed by atoms with Gasteiger partial charge in [-0.2, -0.15) is 0 Å². The van der Waals surface area contributed by atoms with Gasteiger partial charge in [-0.1, -0.05) is 0 Å². The van der Waals surface area contributed by atoms with E-state index in [-0.39, 0.29) is 6.10 Å². The number of nitrogens with zero attached hydrogens (tertiary/aromatic N) is 3. The van der Waals surface area contributed by atoms with Gasteiger partial charge >= 0.3 is 0 Å². The summed E-state index contributed by atoms with van der Waals surface area (Å²) in [5, 5.41) is 6.67. The van der Waals surface area contributed by atoms with Crippen molar-refractivity contribution >= 4 is 11.9 Å². The van der Waals surface area contributed by atoms with Crippen LogP contribution < -0.4 is 10.6 Å². The lowest BCUT2D eigenvalue weighted by molar-refractivity contribution is -0.127. The number of morpholine rings is 1. The van der Waals surface area contributed by atoms with Gasteiger partial charge in [0, 0.05) is 45.2 Å². The SMILES string of the molecule is CCNC(=NCC1CN2CCCC2CO1)NCCCN1CCCC1=O. The molecule has 7 nitrogen and oxygen atoms in total. The predicted molar refractivity (Wildman–Crippen MR) is 98.7 cm³/mol. The fourth-order valence-corrected chi connectivity index (χ4v) is 3.95. The average Bonchev–Trinajstić information content (AvgIpc) is 3.24. The van der Waals surface area contributed by atoms with Crippen LogP contribution in [0.25, 0.3) is 0 Å². The minimum Gasteiger partial charge on any atom is -0.373 e. The van der Waals surface area contributed by atoms with Gasteiger partial charge in [-0.05, 0) is 39.2 Å². The molecule has 3 aliphatic heterocycles. The molecule has 0 bridgehead atoms. The number of hydrogen-bond donors (Lipinski definition) is 2. The highest BCUT2D eigenvalue weighted by molar-refractivity contribution is 5.79. The van der Waals surface area contributed by atoms with Gasteiger partial charge in [0.25, 0.3) is 0 Å². The average molecular weight is 351 g/mol. The minimum atomic E-state index is 0.201. The molecule has 0 radical (unpaired) electrons. The van der Waals surface area contributed by atoms with Crippen LogP contribution in [0.4, 0.5) is 0 Å². The van der Waals surface area contributed by atoms with E-state index in [1.54, 1.807) is 0 Å². The summed E-state index contributed by atoms with van der Waals surface area (Å²) in [6.07, 6.45) is 5.46. The molecule has 3 heterocycles. The zero-order valence-electron chi connectivity index (χ0n) is 15.5. The lowest BCUT2D eigenvalue weighted by atomic mass is 10.2. The molecule has 3 saturated heterocycles. The number of carbonyl (C=O) groups excluding carboxylic acids is 1. The van der Waals surface area contributed by atoms with Gasteiger partial charge in [0.2, 0.25) is 5.91 Å². The number of aliphatic imine (C=N–C) groups is 1. The molecular formula is C18H33N5O2. The lowest BCUT2D eigenvalue weighted by Gasteiger charge is -2.34. The molecule has 3 fully saturated rings. The highest BCUT2D eigenvalue weighted by Gasteiger charge is 2.32. The number of ether oxygens (including phenoxy) is 1. The Kier molecular flexibility index (Phi) is 6.93. The van der Waals surface area contributed by atoms with Crippen LogP contribution in [0.3, 0.4) is 0 Å². The van der Waals surface area contributed by atoms with E-state index in [0.717, 1.165) is 64.6 Å². The molecule has 0 aromatic rings. The van der Waals surface area contributed by atoms with E-state index in [2.05, 4.69) is 22.5 Å². The quantitative estimate of drug-likeness (QED) is 0.395. The van der Waals surface area contributed by atoms with Gasteiger partial charge in [0.15, 0.2) is 5.96 Å². The summed E-state index contributed by atoms with van der Waals surface area (Å²) in [6.45, 7) is 9.28. The number of nitrogens with one attached hydrogen (secondary N) is 2. The third kappa shape index (κ3) is 5.31. The summed E-state index contributed by atoms with van der Waals surface area (Å²) in [4.78, 5) is 20.8. The number of carbonyl (C=O) groups is 1. The molecule has 0 aromatic carbocycles. The van der Waals surface area contributed by atoms with Crippen molar-refractivity contribution in [2.75, 3.05) is 52.4 Å². The second-order valence-electron chi connectivity index (χ2n) is 7.23. The molecule has 2 atom stereocenters. The predicted octanol–water partition coefficient (Wildman–Crippen LogP) is 0.417. The summed E-state index contributed by atoms with van der Waals surface area (Å²) in [5.41, 5.74) is 0. The fourth-order valence-electron chi connectivity index (χ4n) is 3.95. The first-order chi connectivity index (χ1) is 12.3. The number of rotatable bonds is 7. The van der Waals surface area contributed by atoms with Crippen molar-refractivity contribution in [2.45, 2.75) is 51.2 Å². The molecule has 0 saturated carbocycles. The van der Waals surface area contributed by atoms with E-state index < -0.39 is 0 Å². The molecule has 7 heteroatoms. The largest absolute Gasteiger partial charge is 0.373 e. The molecule has 3 rings (SSSR count). The van der Waals surface area contributed by atoms with Crippen LogP contribution in [0, 0.1) is 0 Å². The van der Waals surface area contributed by atoms with Gasteiger partial charge in [-0.25, -0.2) is 0 Å². The number of amides is 1. The molecular weight excluding hydrogens is 318 g/mol. The van der Waals surface area contributed by atoms with Crippen LogP contribution in [0.15, 0.2) is 4.99 Å². The highest BCUT2D eigenvalue weighted by atomic mass is 16.5. The number of likely N-dealkylation sites (tertiary alicyclic amines) is 1. The molecule has 0 spiro atoms. The van der Waals surface area contributed by atoms with Crippen LogP contribution in [0.2, 0.25) is 0 Å². The lowest BCUT2D eigenvalue weighted by Crippen LogP contribution is -2.47. The van der Waals surface area contributed by atoms with Crippen LogP contribution in [-0.4, -0.2) is 86.2 Å². The van der Waals surface area contributed by atoms with Crippen LogP contribution in [0.1, 0.15) is 39.0 Å². The Labute approximate surface area is 151 Å². The molecule has 1 amide bonds. The monoisotopic (exact) mass is 351 g/mol. The molecule has 0 aliphatic carbocycles. The Morgan fingerprint density at radius 3 is 3.04 bits per heavy atom. The summed E-state index contributed by atoms with van der Waals surface area (Å²) in [5.74, 6) is 1.15. The number of guanidine groups is 1. The van der Waals surface area contributed by atoms with Gasteiger partial charge < -0.3 is 20.3 Å². The Morgan fingerprint density at radius 2 is 2.24 bits per heavy atom. The van der Waals surface area contributed by atoms with Gasteiger partial charge in [-0.15, -0.1) is 0 Å². The third-order valence-electron chi connectivity index (χ3n) is 5.33. The fraction of sp³-hybridized carbons (Fsp3) is 0.889. The van der Waals surface area contributed by atoms with E-state index in [4.69, 9.17) is 9.73 Å². The second kappa shape index (κ2) is 9.38. The maximum absolute atomic E-state index is 11.6. The zero-order chi connectivity index (χ0) is 17.5. The summed E-state index contributed by atoms with van der Waals surface area (Å²) in [7, 11) is 0. The summed E-state index contributed by atoms with van der Waals surface area (Å²) in [6, 6.07) is 0.639. The summed E-state index contributed by atoms with van der Waals surface area (Å²) >= 11 is 0. The molecule has 2 unspecified atom stereocenters. The standard InChI is InChI=1S/C18H33N5O2/c1-2-19-18(20-8-5-11-22-9-4-7-17(22)24)21-12-16-13-23-10-3-6-15(23)14-25-16/h15-16H,2-14H2,1H3,(H2,19,20,21). The van der Waals surface area contributed by atoms with Crippen molar-refractivity contribution in [2.24, 2.45) is 4.99 Å². The molecule has 3 aliphatic rings. The van der Waals surface area contributed by atoms with Crippen molar-refractivity contribution in [1.82, 2.24) is 20.4 Å². The van der Waals surface area contributed by atoms with E-state index in [9.17, 15) is 4.79 Å². The zero-order valence-corrected chi connectivity index (χ0v) is 15.5. The first-order valence-electron chi connectivity index (χ1n) is 9.92. The van der Waals surface area contributed by atoms with Gasteiger partial charge in [0.1, 0.15) is 0 Å². The Morgan fingerprint density at radius 1 is 1.32 bits per heavy atom. The third-order valence-corrected chi connectivity index (χ3v) is 5.33. The van der Waals surface area contributed by atoms with Gasteiger partial charge in [0.05, 0.1) is 19.3 Å². The summed E-state index contributed by atoms with van der Waals surface area (Å²) < 4.78 is 5.98. The normalized spacial score (nSPS) is 27.6.